The predicted molar refractivity (Wildman–Crippen MR) is 179 cm³/mol. The molecule has 0 saturated heterocycles. The molecule has 2 heteroatoms. The van der Waals surface area contributed by atoms with Crippen molar-refractivity contribution in [1.29, 1.82) is 0 Å². The topological polar surface area (TPSA) is 25.8 Å². The lowest BCUT2D eigenvalue weighted by Crippen LogP contribution is -2.14. The molecule has 0 aliphatic heterocycles. The van der Waals surface area contributed by atoms with Gasteiger partial charge in [0.1, 0.15) is 0 Å². The maximum Gasteiger partial charge on any atom is 0.160 e. The quantitative estimate of drug-likeness (QED) is 0.218. The van der Waals surface area contributed by atoms with E-state index < -0.39 is 0 Å². The first-order valence-electron chi connectivity index (χ1n) is 14.8. The summed E-state index contributed by atoms with van der Waals surface area (Å²) in [6.45, 7) is 4.66. The van der Waals surface area contributed by atoms with E-state index in [4.69, 9.17) is 9.97 Å². The van der Waals surface area contributed by atoms with E-state index in [-0.39, 0.29) is 5.41 Å². The van der Waals surface area contributed by atoms with Crippen molar-refractivity contribution in [2.75, 3.05) is 0 Å². The molecule has 204 valence electrons. The molecular formula is C41H30N2. The van der Waals surface area contributed by atoms with E-state index >= 15 is 0 Å². The maximum atomic E-state index is 5.13. The molecule has 1 aliphatic rings. The van der Waals surface area contributed by atoms with Crippen molar-refractivity contribution in [3.05, 3.63) is 157 Å². The molecule has 0 amide bonds. The number of nitrogens with zero attached hydrogens (tertiary/aromatic N) is 2. The predicted octanol–water partition coefficient (Wildman–Crippen LogP) is 10.6. The molecule has 7 aromatic rings. The SMILES string of the molecule is CC1(C)c2ccccc2-c2cc(-c3ccc(-c4cc(-c5ccccc5)nc(-c5ccccc5)n4)c4ccccc34)ccc21. The Balaban J connectivity index is 1.31. The summed E-state index contributed by atoms with van der Waals surface area (Å²) in [7, 11) is 0. The highest BCUT2D eigenvalue weighted by Crippen LogP contribution is 2.50. The molecule has 0 spiro atoms. The van der Waals surface area contributed by atoms with Gasteiger partial charge in [-0.3, -0.25) is 0 Å². The van der Waals surface area contributed by atoms with E-state index in [9.17, 15) is 0 Å². The summed E-state index contributed by atoms with van der Waals surface area (Å²) >= 11 is 0. The van der Waals surface area contributed by atoms with E-state index in [0.29, 0.717) is 0 Å². The zero-order valence-electron chi connectivity index (χ0n) is 24.3. The highest BCUT2D eigenvalue weighted by atomic mass is 14.9. The van der Waals surface area contributed by atoms with Crippen molar-refractivity contribution >= 4 is 10.8 Å². The Bertz CT molecular complexity index is 2090. The van der Waals surface area contributed by atoms with Crippen LogP contribution in [0.25, 0.3) is 66.9 Å². The normalized spacial score (nSPS) is 13.1. The fourth-order valence-electron chi connectivity index (χ4n) is 6.72. The molecule has 1 aromatic heterocycles. The molecule has 0 saturated carbocycles. The summed E-state index contributed by atoms with van der Waals surface area (Å²) < 4.78 is 0. The summed E-state index contributed by atoms with van der Waals surface area (Å²) in [6, 6.07) is 51.8. The number of hydrogen-bond donors (Lipinski definition) is 0. The van der Waals surface area contributed by atoms with Gasteiger partial charge in [-0.25, -0.2) is 9.97 Å². The van der Waals surface area contributed by atoms with Crippen LogP contribution in [0.4, 0.5) is 0 Å². The van der Waals surface area contributed by atoms with Gasteiger partial charge in [0.25, 0.3) is 0 Å². The lowest BCUT2D eigenvalue weighted by Gasteiger charge is -2.21. The zero-order valence-corrected chi connectivity index (χ0v) is 24.3. The van der Waals surface area contributed by atoms with Gasteiger partial charge in [0.05, 0.1) is 11.4 Å². The standard InChI is InChI=1S/C41H30N2/c1-41(2)36-20-12-11-19-33(36)35-25-29(21-24-37(35)41)30-22-23-34(32-18-10-9-17-31(30)32)39-26-38(27-13-5-3-6-14-27)42-40(43-39)28-15-7-4-8-16-28/h3-26H,1-2H3. The van der Waals surface area contributed by atoms with Crippen molar-refractivity contribution in [3.8, 4) is 56.2 Å². The molecule has 0 N–H and O–H groups in total. The van der Waals surface area contributed by atoms with Crippen LogP contribution in [-0.2, 0) is 5.41 Å². The maximum absolute atomic E-state index is 5.13. The van der Waals surface area contributed by atoms with Gasteiger partial charge in [-0.05, 0) is 56.3 Å². The average Bonchev–Trinajstić information content (AvgIpc) is 3.30. The van der Waals surface area contributed by atoms with E-state index in [2.05, 4.69) is 135 Å². The molecular weight excluding hydrogens is 520 g/mol. The second kappa shape index (κ2) is 9.89. The van der Waals surface area contributed by atoms with Crippen LogP contribution >= 0.6 is 0 Å². The van der Waals surface area contributed by atoms with E-state index in [1.165, 1.54) is 44.2 Å². The fraction of sp³-hybridized carbons (Fsp3) is 0.0732. The van der Waals surface area contributed by atoms with Crippen LogP contribution in [0.15, 0.2) is 146 Å². The highest BCUT2D eigenvalue weighted by molar-refractivity contribution is 6.05. The summed E-state index contributed by atoms with van der Waals surface area (Å²) in [6.07, 6.45) is 0. The summed E-state index contributed by atoms with van der Waals surface area (Å²) in [5.74, 6) is 0.727. The number of benzene rings is 6. The van der Waals surface area contributed by atoms with Crippen LogP contribution in [0.3, 0.4) is 0 Å². The summed E-state index contributed by atoms with van der Waals surface area (Å²) in [4.78, 5) is 10.1. The number of fused-ring (bicyclic) bond motifs is 4. The molecule has 0 fully saturated rings. The van der Waals surface area contributed by atoms with Crippen LogP contribution < -0.4 is 0 Å². The minimum Gasteiger partial charge on any atom is -0.228 e. The minimum atomic E-state index is -0.00365. The first-order chi connectivity index (χ1) is 21.1. The number of aromatic nitrogens is 2. The fourth-order valence-corrected chi connectivity index (χ4v) is 6.72. The molecule has 1 heterocycles. The van der Waals surface area contributed by atoms with Crippen LogP contribution in [0.1, 0.15) is 25.0 Å². The number of hydrogen-bond acceptors (Lipinski definition) is 2. The lowest BCUT2D eigenvalue weighted by atomic mass is 9.82. The van der Waals surface area contributed by atoms with Gasteiger partial charge in [-0.2, -0.15) is 0 Å². The van der Waals surface area contributed by atoms with Crippen LogP contribution in [0.5, 0.6) is 0 Å². The molecule has 2 nitrogen and oxygen atoms in total. The Morgan fingerprint density at radius 1 is 0.395 bits per heavy atom. The van der Waals surface area contributed by atoms with E-state index in [1.807, 2.05) is 24.3 Å². The highest BCUT2D eigenvalue weighted by Gasteiger charge is 2.35. The lowest BCUT2D eigenvalue weighted by molar-refractivity contribution is 0.660. The van der Waals surface area contributed by atoms with Gasteiger partial charge in [0, 0.05) is 22.1 Å². The Morgan fingerprint density at radius 2 is 0.977 bits per heavy atom. The second-order valence-electron chi connectivity index (χ2n) is 11.8. The third-order valence-corrected chi connectivity index (χ3v) is 8.92. The molecule has 0 atom stereocenters. The van der Waals surface area contributed by atoms with E-state index in [0.717, 1.165) is 33.9 Å². The van der Waals surface area contributed by atoms with Gasteiger partial charge < -0.3 is 0 Å². The summed E-state index contributed by atoms with van der Waals surface area (Å²) in [5.41, 5.74) is 12.9. The summed E-state index contributed by atoms with van der Waals surface area (Å²) in [5, 5.41) is 2.39. The van der Waals surface area contributed by atoms with E-state index in [1.54, 1.807) is 0 Å². The molecule has 8 rings (SSSR count). The average molecular weight is 551 g/mol. The van der Waals surface area contributed by atoms with Crippen molar-refractivity contribution in [1.82, 2.24) is 9.97 Å². The molecule has 43 heavy (non-hydrogen) atoms. The number of rotatable bonds is 4. The van der Waals surface area contributed by atoms with Crippen molar-refractivity contribution in [3.63, 3.8) is 0 Å². The molecule has 6 aromatic carbocycles. The Hall–Kier alpha value is -5.34. The van der Waals surface area contributed by atoms with Crippen molar-refractivity contribution in [2.45, 2.75) is 19.3 Å². The smallest absolute Gasteiger partial charge is 0.160 e. The monoisotopic (exact) mass is 550 g/mol. The Morgan fingerprint density at radius 3 is 1.74 bits per heavy atom. The Kier molecular flexibility index (Phi) is 5.84. The van der Waals surface area contributed by atoms with Crippen LogP contribution in [-0.4, -0.2) is 9.97 Å². The molecule has 0 unspecified atom stereocenters. The second-order valence-corrected chi connectivity index (χ2v) is 11.8. The van der Waals surface area contributed by atoms with Gasteiger partial charge in [-0.1, -0.05) is 147 Å². The van der Waals surface area contributed by atoms with Gasteiger partial charge in [-0.15, -0.1) is 0 Å². The Labute approximate surface area is 252 Å². The molecule has 0 bridgehead atoms. The molecule has 0 radical (unpaired) electrons. The van der Waals surface area contributed by atoms with Gasteiger partial charge >= 0.3 is 0 Å². The molecule has 1 aliphatic carbocycles. The largest absolute Gasteiger partial charge is 0.228 e. The van der Waals surface area contributed by atoms with Gasteiger partial charge in [0.2, 0.25) is 0 Å². The van der Waals surface area contributed by atoms with Crippen molar-refractivity contribution < 1.29 is 0 Å². The first-order valence-corrected chi connectivity index (χ1v) is 14.8. The van der Waals surface area contributed by atoms with Crippen molar-refractivity contribution in [2.24, 2.45) is 0 Å². The van der Waals surface area contributed by atoms with Crippen LogP contribution in [0, 0.1) is 0 Å². The third kappa shape index (κ3) is 4.18. The van der Waals surface area contributed by atoms with Gasteiger partial charge in [0.15, 0.2) is 5.82 Å². The zero-order chi connectivity index (χ0) is 29.0. The van der Waals surface area contributed by atoms with Crippen LogP contribution in [0.2, 0.25) is 0 Å². The first kappa shape index (κ1) is 25.4. The third-order valence-electron chi connectivity index (χ3n) is 8.92. The minimum absolute atomic E-state index is 0.00365.